The number of allylic oxidation sites excluding steroid dienone is 1. The fraction of sp³-hybridized carbons (Fsp3) is 0.258. The number of nitrogens with zero attached hydrogens (tertiary/aromatic N) is 3. The normalized spacial score (nSPS) is 15.2. The molecule has 4 aromatic rings. The van der Waals surface area contributed by atoms with Gasteiger partial charge in [-0.15, -0.1) is 0 Å². The molecule has 40 heavy (non-hydrogen) atoms. The summed E-state index contributed by atoms with van der Waals surface area (Å²) in [7, 11) is 0. The van der Waals surface area contributed by atoms with Gasteiger partial charge in [-0.1, -0.05) is 29.5 Å². The smallest absolute Gasteiger partial charge is 0.338 e. The molecule has 0 saturated heterocycles. The highest BCUT2D eigenvalue weighted by Gasteiger charge is 2.35. The molecule has 2 aromatic carbocycles. The first-order valence-corrected chi connectivity index (χ1v) is 13.9. The van der Waals surface area contributed by atoms with Gasteiger partial charge in [0.05, 0.1) is 29.0 Å². The SMILES string of the molecule is CCOC(=O)C1=C(C)N=c2sc(=Cc3cc(C)n(-c4ccc(F)cc4)c3C)c(=O)n2C1c1ccccc1OCC. The number of thiazole rings is 1. The summed E-state index contributed by atoms with van der Waals surface area (Å²) in [6, 6.07) is 14.9. The molecule has 5 rings (SSSR count). The molecule has 0 bridgehead atoms. The Morgan fingerprint density at radius 2 is 1.80 bits per heavy atom. The van der Waals surface area contributed by atoms with Crippen molar-refractivity contribution in [3.63, 3.8) is 0 Å². The van der Waals surface area contributed by atoms with Crippen molar-refractivity contribution in [3.8, 4) is 11.4 Å². The van der Waals surface area contributed by atoms with E-state index in [0.717, 1.165) is 22.6 Å². The largest absolute Gasteiger partial charge is 0.494 e. The number of benzene rings is 2. The molecule has 0 fully saturated rings. The number of hydrogen-bond acceptors (Lipinski definition) is 6. The summed E-state index contributed by atoms with van der Waals surface area (Å²) in [6.45, 7) is 9.95. The Bertz CT molecular complexity index is 1810. The van der Waals surface area contributed by atoms with E-state index < -0.39 is 12.0 Å². The monoisotopic (exact) mass is 559 g/mol. The van der Waals surface area contributed by atoms with Gasteiger partial charge >= 0.3 is 5.97 Å². The number of carbonyl (C=O) groups is 1. The molecule has 0 amide bonds. The number of hydrogen-bond donors (Lipinski definition) is 0. The lowest BCUT2D eigenvalue weighted by atomic mass is 9.95. The number of para-hydroxylation sites is 1. The Hall–Kier alpha value is -4.24. The van der Waals surface area contributed by atoms with Crippen LogP contribution in [-0.2, 0) is 9.53 Å². The third-order valence-corrected chi connectivity index (χ3v) is 7.86. The Kier molecular flexibility index (Phi) is 7.58. The molecular weight excluding hydrogens is 529 g/mol. The van der Waals surface area contributed by atoms with E-state index in [1.54, 1.807) is 30.5 Å². The zero-order chi connectivity index (χ0) is 28.6. The molecular formula is C31H30FN3O4S. The van der Waals surface area contributed by atoms with Crippen LogP contribution in [0.1, 0.15) is 49.3 Å². The van der Waals surface area contributed by atoms with E-state index in [2.05, 4.69) is 4.99 Å². The lowest BCUT2D eigenvalue weighted by Crippen LogP contribution is -2.40. The van der Waals surface area contributed by atoms with Gasteiger partial charge in [0, 0.05) is 22.6 Å². The number of fused-ring (bicyclic) bond motifs is 1. The molecule has 1 aliphatic heterocycles. The van der Waals surface area contributed by atoms with E-state index in [0.29, 0.717) is 38.5 Å². The quantitative estimate of drug-likeness (QED) is 0.307. The van der Waals surface area contributed by atoms with Crippen molar-refractivity contribution in [1.82, 2.24) is 9.13 Å². The maximum Gasteiger partial charge on any atom is 0.338 e. The minimum Gasteiger partial charge on any atom is -0.494 e. The van der Waals surface area contributed by atoms with Crippen molar-refractivity contribution in [2.24, 2.45) is 4.99 Å². The minimum atomic E-state index is -0.758. The zero-order valence-electron chi connectivity index (χ0n) is 23.0. The highest BCUT2D eigenvalue weighted by Crippen LogP contribution is 2.35. The van der Waals surface area contributed by atoms with Gasteiger partial charge in [-0.25, -0.2) is 14.2 Å². The van der Waals surface area contributed by atoms with Gasteiger partial charge < -0.3 is 14.0 Å². The number of carbonyl (C=O) groups excluding carboxylic acids is 1. The first kappa shape index (κ1) is 27.3. The number of aryl methyl sites for hydroxylation is 1. The molecule has 1 unspecified atom stereocenters. The molecule has 9 heteroatoms. The van der Waals surface area contributed by atoms with Crippen LogP contribution in [0.2, 0.25) is 0 Å². The van der Waals surface area contributed by atoms with Gasteiger partial charge in [0.15, 0.2) is 4.80 Å². The Labute approximate surface area is 235 Å². The van der Waals surface area contributed by atoms with Crippen LogP contribution in [0, 0.1) is 19.7 Å². The number of aromatic nitrogens is 2. The molecule has 3 heterocycles. The predicted molar refractivity (Wildman–Crippen MR) is 153 cm³/mol. The maximum absolute atomic E-state index is 14.0. The van der Waals surface area contributed by atoms with E-state index in [4.69, 9.17) is 9.47 Å². The molecule has 1 aliphatic rings. The van der Waals surface area contributed by atoms with Crippen molar-refractivity contribution >= 4 is 23.4 Å². The van der Waals surface area contributed by atoms with Crippen molar-refractivity contribution in [1.29, 1.82) is 0 Å². The molecule has 1 atom stereocenters. The fourth-order valence-electron chi connectivity index (χ4n) is 5.14. The molecule has 0 N–H and O–H groups in total. The number of rotatable bonds is 7. The first-order valence-electron chi connectivity index (χ1n) is 13.1. The van der Waals surface area contributed by atoms with E-state index in [1.165, 1.54) is 23.5 Å². The highest BCUT2D eigenvalue weighted by molar-refractivity contribution is 7.07. The summed E-state index contributed by atoms with van der Waals surface area (Å²) in [4.78, 5) is 32.4. The second kappa shape index (κ2) is 11.1. The summed E-state index contributed by atoms with van der Waals surface area (Å²) in [5.41, 5.74) is 4.78. The Balaban J connectivity index is 1.71. The van der Waals surface area contributed by atoms with Crippen LogP contribution >= 0.6 is 11.3 Å². The number of ether oxygens (including phenoxy) is 2. The topological polar surface area (TPSA) is 74.8 Å². The minimum absolute atomic E-state index is 0.198. The third kappa shape index (κ3) is 4.81. The van der Waals surface area contributed by atoms with E-state index in [1.807, 2.05) is 61.7 Å². The van der Waals surface area contributed by atoms with Crippen LogP contribution in [-0.4, -0.2) is 28.3 Å². The van der Waals surface area contributed by atoms with Crippen LogP contribution in [0.5, 0.6) is 5.75 Å². The van der Waals surface area contributed by atoms with Gasteiger partial charge in [-0.05, 0) is 82.7 Å². The van der Waals surface area contributed by atoms with Crippen molar-refractivity contribution < 1.29 is 18.7 Å². The fourth-order valence-corrected chi connectivity index (χ4v) is 6.18. The van der Waals surface area contributed by atoms with Gasteiger partial charge in [0.1, 0.15) is 17.6 Å². The Morgan fingerprint density at radius 1 is 1.07 bits per heavy atom. The van der Waals surface area contributed by atoms with Gasteiger partial charge in [-0.3, -0.25) is 9.36 Å². The average molecular weight is 560 g/mol. The van der Waals surface area contributed by atoms with Gasteiger partial charge in [0.25, 0.3) is 5.56 Å². The molecule has 206 valence electrons. The van der Waals surface area contributed by atoms with E-state index in [-0.39, 0.29) is 18.0 Å². The average Bonchev–Trinajstić information content (AvgIpc) is 3.38. The van der Waals surface area contributed by atoms with Crippen LogP contribution in [0.15, 0.2) is 75.7 Å². The van der Waals surface area contributed by atoms with Gasteiger partial charge in [0.2, 0.25) is 0 Å². The van der Waals surface area contributed by atoms with Gasteiger partial charge in [-0.2, -0.15) is 0 Å². The first-order chi connectivity index (χ1) is 19.2. The van der Waals surface area contributed by atoms with E-state index >= 15 is 0 Å². The van der Waals surface area contributed by atoms with Crippen molar-refractivity contribution in [3.05, 3.63) is 114 Å². The van der Waals surface area contributed by atoms with Crippen LogP contribution in [0.25, 0.3) is 11.8 Å². The van der Waals surface area contributed by atoms with E-state index in [9.17, 15) is 14.0 Å². The maximum atomic E-state index is 14.0. The van der Waals surface area contributed by atoms with Crippen LogP contribution in [0.4, 0.5) is 4.39 Å². The summed E-state index contributed by atoms with van der Waals surface area (Å²) in [5.74, 6) is -0.230. The summed E-state index contributed by atoms with van der Waals surface area (Å²) in [5, 5.41) is 0. The van der Waals surface area contributed by atoms with Crippen molar-refractivity contribution in [2.75, 3.05) is 13.2 Å². The standard InChI is InChI=1S/C31H30FN3O4S/c1-6-38-25-11-9-8-10-24(25)28-27(30(37)39-7-2)19(4)33-31-35(28)29(36)26(40-31)17-21-16-18(3)34(20(21)5)23-14-12-22(32)13-15-23/h8-17,28H,6-7H2,1-5H3. The molecule has 2 aromatic heterocycles. The second-order valence-corrected chi connectivity index (χ2v) is 10.4. The molecule has 0 aliphatic carbocycles. The lowest BCUT2D eigenvalue weighted by molar-refractivity contribution is -0.139. The highest BCUT2D eigenvalue weighted by atomic mass is 32.1. The van der Waals surface area contributed by atoms with Crippen LogP contribution < -0.4 is 19.6 Å². The molecule has 0 saturated carbocycles. The Morgan fingerprint density at radius 3 is 2.50 bits per heavy atom. The molecule has 0 spiro atoms. The number of esters is 1. The molecule has 0 radical (unpaired) electrons. The van der Waals surface area contributed by atoms with Crippen molar-refractivity contribution in [2.45, 2.75) is 40.7 Å². The number of halogens is 1. The second-order valence-electron chi connectivity index (χ2n) is 9.41. The molecule has 7 nitrogen and oxygen atoms in total. The predicted octanol–water partition coefficient (Wildman–Crippen LogP) is 4.74. The summed E-state index contributed by atoms with van der Waals surface area (Å²) >= 11 is 1.27. The summed E-state index contributed by atoms with van der Waals surface area (Å²) in [6.07, 6.45) is 1.85. The third-order valence-electron chi connectivity index (χ3n) is 6.87. The van der Waals surface area contributed by atoms with Crippen LogP contribution in [0.3, 0.4) is 0 Å². The lowest BCUT2D eigenvalue weighted by Gasteiger charge is -2.26. The zero-order valence-corrected chi connectivity index (χ0v) is 23.8. The summed E-state index contributed by atoms with van der Waals surface area (Å²) < 4.78 is 28.9.